The molecule has 142 valence electrons. The summed E-state index contributed by atoms with van der Waals surface area (Å²) in [6.07, 6.45) is 0. The van der Waals surface area contributed by atoms with E-state index in [1.165, 1.54) is 0 Å². The first-order valence-electron chi connectivity index (χ1n) is 8.65. The second kappa shape index (κ2) is 6.80. The van der Waals surface area contributed by atoms with E-state index in [0.717, 1.165) is 11.1 Å². The molecule has 2 heterocycles. The third-order valence-electron chi connectivity index (χ3n) is 4.63. The maximum Gasteiger partial charge on any atom is 0.261 e. The van der Waals surface area contributed by atoms with Crippen LogP contribution in [0.1, 0.15) is 17.0 Å². The van der Waals surface area contributed by atoms with Gasteiger partial charge in [-0.05, 0) is 42.8 Å². The number of hydrogen-bond donors (Lipinski definition) is 1. The van der Waals surface area contributed by atoms with Crippen LogP contribution in [0.15, 0.2) is 46.1 Å². The number of aromatic hydroxyl groups is 1. The quantitative estimate of drug-likeness (QED) is 0.514. The fraction of sp³-hybridized carbons (Fsp3) is 0.200. The zero-order chi connectivity index (χ0) is 19.8. The molecule has 28 heavy (non-hydrogen) atoms. The van der Waals surface area contributed by atoms with Crippen LogP contribution in [0.2, 0.25) is 0 Å². The van der Waals surface area contributed by atoms with Crippen molar-refractivity contribution in [2.45, 2.75) is 20.4 Å². The monoisotopic (exact) mass is 378 g/mol. The highest BCUT2D eigenvalue weighted by Gasteiger charge is 2.21. The zero-order valence-electron chi connectivity index (χ0n) is 15.6. The summed E-state index contributed by atoms with van der Waals surface area (Å²) >= 11 is 0. The number of rotatable bonds is 5. The number of nitroso groups, excluding NO2 is 1. The van der Waals surface area contributed by atoms with E-state index in [1.807, 2.05) is 44.2 Å². The Balaban J connectivity index is 1.79. The molecule has 2 aromatic carbocycles. The van der Waals surface area contributed by atoms with Gasteiger partial charge in [-0.25, -0.2) is 0 Å². The van der Waals surface area contributed by atoms with Crippen LogP contribution in [0, 0.1) is 18.8 Å². The average Bonchev–Trinajstić information content (AvgIpc) is 3.25. The number of para-hydroxylation sites is 1. The maximum atomic E-state index is 11.3. The van der Waals surface area contributed by atoms with Gasteiger partial charge >= 0.3 is 0 Å². The largest absolute Gasteiger partial charge is 0.496 e. The zero-order valence-corrected chi connectivity index (χ0v) is 15.6. The number of methoxy groups -OCH3 is 1. The lowest BCUT2D eigenvalue weighted by Gasteiger charge is -2.06. The van der Waals surface area contributed by atoms with Crippen molar-refractivity contribution in [2.75, 3.05) is 7.11 Å². The van der Waals surface area contributed by atoms with E-state index >= 15 is 0 Å². The van der Waals surface area contributed by atoms with E-state index in [0.29, 0.717) is 33.9 Å². The minimum atomic E-state index is -0.220. The van der Waals surface area contributed by atoms with Gasteiger partial charge in [0.25, 0.3) is 5.89 Å². The second-order valence-electron chi connectivity index (χ2n) is 6.54. The molecule has 0 unspecified atom stereocenters. The minimum Gasteiger partial charge on any atom is -0.496 e. The number of aromatic nitrogens is 3. The van der Waals surface area contributed by atoms with Crippen LogP contribution in [0.4, 0.5) is 5.69 Å². The molecule has 4 aromatic rings. The lowest BCUT2D eigenvalue weighted by Crippen LogP contribution is -2.02. The molecule has 0 amide bonds. The minimum absolute atomic E-state index is 0.00949. The summed E-state index contributed by atoms with van der Waals surface area (Å²) in [6, 6.07) is 11.1. The Morgan fingerprint density at radius 1 is 1.25 bits per heavy atom. The van der Waals surface area contributed by atoms with E-state index in [4.69, 9.17) is 9.26 Å². The molecule has 8 heteroatoms. The van der Waals surface area contributed by atoms with Gasteiger partial charge in [0.1, 0.15) is 5.75 Å². The number of fused-ring (bicyclic) bond motifs is 1. The Kier molecular flexibility index (Phi) is 4.31. The van der Waals surface area contributed by atoms with Crippen molar-refractivity contribution in [3.05, 3.63) is 58.3 Å². The summed E-state index contributed by atoms with van der Waals surface area (Å²) < 4.78 is 12.3. The van der Waals surface area contributed by atoms with Crippen LogP contribution in [0.3, 0.4) is 0 Å². The van der Waals surface area contributed by atoms with E-state index in [9.17, 15) is 10.0 Å². The van der Waals surface area contributed by atoms with E-state index in [2.05, 4.69) is 15.3 Å². The summed E-state index contributed by atoms with van der Waals surface area (Å²) in [4.78, 5) is 15.7. The fourth-order valence-electron chi connectivity index (χ4n) is 3.49. The second-order valence-corrected chi connectivity index (χ2v) is 6.54. The van der Waals surface area contributed by atoms with Gasteiger partial charge in [0, 0.05) is 5.39 Å². The van der Waals surface area contributed by atoms with Crippen molar-refractivity contribution in [3.63, 3.8) is 0 Å². The third-order valence-corrected chi connectivity index (χ3v) is 4.63. The Bertz CT molecular complexity index is 1190. The predicted octanol–water partition coefficient (Wildman–Crippen LogP) is 4.47. The summed E-state index contributed by atoms with van der Waals surface area (Å²) in [5, 5.41) is 18.2. The van der Waals surface area contributed by atoms with Crippen LogP contribution < -0.4 is 4.74 Å². The molecule has 0 saturated heterocycles. The van der Waals surface area contributed by atoms with Gasteiger partial charge in [-0.2, -0.15) is 4.98 Å². The molecule has 4 rings (SSSR count). The standard InChI is InChI=1S/C20H18N4O4/c1-11-8-12(2)18-14(9-11)17(22-26)20(25)24(18)10-16-21-19(28-23-16)13-6-4-5-7-15(13)27-3/h4-9,25H,10H2,1-3H3. The van der Waals surface area contributed by atoms with Crippen LogP contribution >= 0.6 is 0 Å². The Hall–Kier alpha value is -3.68. The van der Waals surface area contributed by atoms with Crippen LogP contribution in [0.25, 0.3) is 22.4 Å². The van der Waals surface area contributed by atoms with E-state index < -0.39 is 0 Å². The molecule has 0 bridgehead atoms. The summed E-state index contributed by atoms with van der Waals surface area (Å²) in [5.41, 5.74) is 3.28. The van der Waals surface area contributed by atoms with Gasteiger partial charge in [-0.3, -0.25) is 0 Å². The molecule has 0 aliphatic rings. The van der Waals surface area contributed by atoms with Gasteiger partial charge in [-0.1, -0.05) is 28.9 Å². The fourth-order valence-corrected chi connectivity index (χ4v) is 3.49. The molecule has 2 aromatic heterocycles. The Labute approximate surface area is 160 Å². The van der Waals surface area contributed by atoms with Crippen molar-refractivity contribution in [1.82, 2.24) is 14.7 Å². The third kappa shape index (κ3) is 2.79. The summed E-state index contributed by atoms with van der Waals surface area (Å²) in [6.45, 7) is 3.96. The van der Waals surface area contributed by atoms with Crippen LogP contribution in [0.5, 0.6) is 11.6 Å². The lowest BCUT2D eigenvalue weighted by atomic mass is 10.1. The smallest absolute Gasteiger partial charge is 0.261 e. The first kappa shape index (κ1) is 17.7. The number of ether oxygens (including phenoxy) is 1. The normalized spacial score (nSPS) is 11.1. The van der Waals surface area contributed by atoms with E-state index in [-0.39, 0.29) is 18.1 Å². The Morgan fingerprint density at radius 3 is 2.79 bits per heavy atom. The number of benzene rings is 2. The molecule has 0 fully saturated rings. The van der Waals surface area contributed by atoms with Gasteiger partial charge < -0.3 is 18.9 Å². The first-order chi connectivity index (χ1) is 13.5. The van der Waals surface area contributed by atoms with Crippen molar-refractivity contribution in [2.24, 2.45) is 5.18 Å². The molecule has 0 aliphatic carbocycles. The Morgan fingerprint density at radius 2 is 2.04 bits per heavy atom. The summed E-state index contributed by atoms with van der Waals surface area (Å²) in [5.74, 6) is 1.06. The molecule has 0 atom stereocenters. The van der Waals surface area contributed by atoms with Crippen LogP contribution in [-0.2, 0) is 6.54 Å². The van der Waals surface area contributed by atoms with Crippen molar-refractivity contribution < 1.29 is 14.4 Å². The SMILES string of the molecule is COc1ccccc1-c1nc(Cn2c(O)c(N=O)c3cc(C)cc(C)c32)no1. The van der Waals surface area contributed by atoms with E-state index in [1.54, 1.807) is 17.7 Å². The summed E-state index contributed by atoms with van der Waals surface area (Å²) in [7, 11) is 1.57. The van der Waals surface area contributed by atoms with Gasteiger partial charge in [0.2, 0.25) is 5.88 Å². The molecular weight excluding hydrogens is 360 g/mol. The van der Waals surface area contributed by atoms with Crippen LogP contribution in [-0.4, -0.2) is 26.9 Å². The van der Waals surface area contributed by atoms with Gasteiger partial charge in [-0.15, -0.1) is 4.91 Å². The topological polar surface area (TPSA) is 103 Å². The highest BCUT2D eigenvalue weighted by Crippen LogP contribution is 2.40. The number of nitrogens with zero attached hydrogens (tertiary/aromatic N) is 4. The maximum absolute atomic E-state index is 11.3. The first-order valence-corrected chi connectivity index (χ1v) is 8.65. The number of aryl methyl sites for hydroxylation is 2. The lowest BCUT2D eigenvalue weighted by molar-refractivity contribution is 0.399. The number of hydrogen-bond acceptors (Lipinski definition) is 7. The molecule has 0 aliphatic heterocycles. The molecule has 8 nitrogen and oxygen atoms in total. The molecule has 1 N–H and O–H groups in total. The molecular formula is C20H18N4O4. The molecule has 0 radical (unpaired) electrons. The molecule has 0 saturated carbocycles. The molecule has 0 spiro atoms. The average molecular weight is 378 g/mol. The van der Waals surface area contributed by atoms with Crippen molar-refractivity contribution in [3.8, 4) is 23.1 Å². The highest BCUT2D eigenvalue weighted by atomic mass is 16.5. The predicted molar refractivity (Wildman–Crippen MR) is 104 cm³/mol. The van der Waals surface area contributed by atoms with Crippen molar-refractivity contribution in [1.29, 1.82) is 0 Å². The highest BCUT2D eigenvalue weighted by molar-refractivity contribution is 5.97. The van der Waals surface area contributed by atoms with Gasteiger partial charge in [0.15, 0.2) is 11.5 Å². The van der Waals surface area contributed by atoms with Crippen molar-refractivity contribution >= 4 is 16.6 Å². The van der Waals surface area contributed by atoms with Gasteiger partial charge in [0.05, 0.1) is 24.7 Å².